The molecule has 0 aliphatic carbocycles. The van der Waals surface area contributed by atoms with Crippen molar-refractivity contribution in [1.82, 2.24) is 4.31 Å². The molecule has 6 heteroatoms. The molecule has 1 saturated heterocycles. The summed E-state index contributed by atoms with van der Waals surface area (Å²) in [6.45, 7) is 3.07. The highest BCUT2D eigenvalue weighted by Crippen LogP contribution is 2.19. The van der Waals surface area contributed by atoms with E-state index in [0.717, 1.165) is 6.42 Å². The Labute approximate surface area is 91.3 Å². The molecule has 2 unspecified atom stereocenters. The SMILES string of the molecule is CC1CCN(S(=O)(=O)CCCN)CC1O. The highest BCUT2D eigenvalue weighted by Gasteiger charge is 2.31. The summed E-state index contributed by atoms with van der Waals surface area (Å²) in [6.07, 6.45) is 0.666. The molecule has 3 N–H and O–H groups in total. The number of aliphatic hydroxyl groups excluding tert-OH is 1. The molecule has 0 aromatic heterocycles. The van der Waals surface area contributed by atoms with Crippen LogP contribution in [-0.2, 0) is 10.0 Å². The van der Waals surface area contributed by atoms with Gasteiger partial charge in [-0.3, -0.25) is 0 Å². The minimum Gasteiger partial charge on any atom is -0.391 e. The molecule has 2 atom stereocenters. The van der Waals surface area contributed by atoms with Crippen molar-refractivity contribution in [2.45, 2.75) is 25.9 Å². The third-order valence-electron chi connectivity index (χ3n) is 2.88. The minimum absolute atomic E-state index is 0.0879. The summed E-state index contributed by atoms with van der Waals surface area (Å²) in [4.78, 5) is 0. The van der Waals surface area contributed by atoms with Crippen LogP contribution in [0.3, 0.4) is 0 Å². The van der Waals surface area contributed by atoms with Crippen molar-refractivity contribution in [3.63, 3.8) is 0 Å². The van der Waals surface area contributed by atoms with Gasteiger partial charge in [-0.2, -0.15) is 4.31 Å². The number of β-amino-alcohol motifs (C(OH)–C–C–N with tert-alkyl or cyclic N) is 1. The van der Waals surface area contributed by atoms with Crippen LogP contribution in [0, 0.1) is 5.92 Å². The first-order valence-corrected chi connectivity index (χ1v) is 6.94. The number of piperidine rings is 1. The molecule has 1 aliphatic rings. The molecule has 0 radical (unpaired) electrons. The lowest BCUT2D eigenvalue weighted by Crippen LogP contribution is -2.46. The van der Waals surface area contributed by atoms with E-state index in [2.05, 4.69) is 0 Å². The first kappa shape index (κ1) is 12.9. The van der Waals surface area contributed by atoms with Crippen LogP contribution in [-0.4, -0.2) is 49.3 Å². The monoisotopic (exact) mass is 236 g/mol. The fourth-order valence-corrected chi connectivity index (χ4v) is 3.22. The first-order chi connectivity index (χ1) is 6.97. The largest absolute Gasteiger partial charge is 0.391 e. The van der Waals surface area contributed by atoms with E-state index >= 15 is 0 Å². The molecule has 0 aromatic carbocycles. The lowest BCUT2D eigenvalue weighted by molar-refractivity contribution is 0.0605. The van der Waals surface area contributed by atoms with Crippen LogP contribution >= 0.6 is 0 Å². The van der Waals surface area contributed by atoms with Crippen molar-refractivity contribution in [3.05, 3.63) is 0 Å². The van der Waals surface area contributed by atoms with Gasteiger partial charge in [-0.25, -0.2) is 8.42 Å². The Morgan fingerprint density at radius 3 is 2.73 bits per heavy atom. The summed E-state index contributed by atoms with van der Waals surface area (Å²) in [6, 6.07) is 0. The Hall–Kier alpha value is -0.170. The Kier molecular flexibility index (Phi) is 4.51. The van der Waals surface area contributed by atoms with Crippen molar-refractivity contribution >= 4 is 10.0 Å². The summed E-state index contributed by atoms with van der Waals surface area (Å²) in [5.41, 5.74) is 5.28. The third-order valence-corrected chi connectivity index (χ3v) is 4.80. The summed E-state index contributed by atoms with van der Waals surface area (Å²) < 4.78 is 24.9. The molecule has 1 fully saturated rings. The zero-order chi connectivity index (χ0) is 11.5. The van der Waals surface area contributed by atoms with Gasteiger partial charge in [0.15, 0.2) is 0 Å². The van der Waals surface area contributed by atoms with E-state index < -0.39 is 16.1 Å². The molecular formula is C9H20N2O3S. The van der Waals surface area contributed by atoms with Crippen molar-refractivity contribution in [3.8, 4) is 0 Å². The summed E-state index contributed by atoms with van der Waals surface area (Å²) >= 11 is 0. The smallest absolute Gasteiger partial charge is 0.214 e. The number of nitrogens with two attached hydrogens (primary N) is 1. The molecule has 1 aliphatic heterocycles. The predicted octanol–water partition coefficient (Wildman–Crippen LogP) is -0.632. The van der Waals surface area contributed by atoms with Gasteiger partial charge in [0, 0.05) is 13.1 Å². The number of aliphatic hydroxyl groups is 1. The van der Waals surface area contributed by atoms with Crippen molar-refractivity contribution in [1.29, 1.82) is 0 Å². The molecule has 0 bridgehead atoms. The van der Waals surface area contributed by atoms with Gasteiger partial charge in [0.2, 0.25) is 10.0 Å². The highest BCUT2D eigenvalue weighted by atomic mass is 32.2. The van der Waals surface area contributed by atoms with E-state index in [4.69, 9.17) is 5.73 Å². The van der Waals surface area contributed by atoms with Gasteiger partial charge >= 0.3 is 0 Å². The van der Waals surface area contributed by atoms with Crippen molar-refractivity contribution < 1.29 is 13.5 Å². The number of sulfonamides is 1. The predicted molar refractivity (Wildman–Crippen MR) is 58.8 cm³/mol. The summed E-state index contributed by atoms with van der Waals surface area (Å²) in [7, 11) is -3.21. The van der Waals surface area contributed by atoms with E-state index in [-0.39, 0.29) is 18.2 Å². The Bertz CT molecular complexity index is 292. The molecule has 1 heterocycles. The fraction of sp³-hybridized carbons (Fsp3) is 1.00. The maximum atomic E-state index is 11.8. The highest BCUT2D eigenvalue weighted by molar-refractivity contribution is 7.89. The zero-order valence-corrected chi connectivity index (χ0v) is 9.91. The second-order valence-electron chi connectivity index (χ2n) is 4.15. The van der Waals surface area contributed by atoms with Gasteiger partial charge in [0.25, 0.3) is 0 Å². The topological polar surface area (TPSA) is 83.6 Å². The van der Waals surface area contributed by atoms with Crippen LogP contribution in [0.1, 0.15) is 19.8 Å². The van der Waals surface area contributed by atoms with Crippen LogP contribution in [0.15, 0.2) is 0 Å². The Morgan fingerprint density at radius 2 is 2.20 bits per heavy atom. The van der Waals surface area contributed by atoms with Gasteiger partial charge in [-0.05, 0) is 25.3 Å². The van der Waals surface area contributed by atoms with E-state index in [1.807, 2.05) is 6.92 Å². The first-order valence-electron chi connectivity index (χ1n) is 5.33. The lowest BCUT2D eigenvalue weighted by atomic mass is 9.98. The van der Waals surface area contributed by atoms with Gasteiger partial charge in [0.1, 0.15) is 0 Å². The van der Waals surface area contributed by atoms with Crippen LogP contribution in [0.25, 0.3) is 0 Å². The average molecular weight is 236 g/mol. The standard InChI is InChI=1S/C9H20N2O3S/c1-8-3-5-11(7-9(8)12)15(13,14)6-2-4-10/h8-9,12H,2-7,10H2,1H3. The molecule has 5 nitrogen and oxygen atoms in total. The maximum absolute atomic E-state index is 11.8. The second-order valence-corrected chi connectivity index (χ2v) is 6.24. The number of hydrogen-bond acceptors (Lipinski definition) is 4. The van der Waals surface area contributed by atoms with Gasteiger partial charge < -0.3 is 10.8 Å². The minimum atomic E-state index is -3.21. The second kappa shape index (κ2) is 5.25. The normalized spacial score (nSPS) is 29.3. The fourth-order valence-electron chi connectivity index (χ4n) is 1.67. The van der Waals surface area contributed by atoms with Gasteiger partial charge in [0.05, 0.1) is 11.9 Å². The molecule has 0 aromatic rings. The van der Waals surface area contributed by atoms with Crippen molar-refractivity contribution in [2.24, 2.45) is 11.7 Å². The molecule has 0 spiro atoms. The van der Waals surface area contributed by atoms with Gasteiger partial charge in [-0.1, -0.05) is 6.92 Å². The van der Waals surface area contributed by atoms with Crippen LogP contribution in [0.5, 0.6) is 0 Å². The molecule has 0 amide bonds. The zero-order valence-electron chi connectivity index (χ0n) is 9.09. The lowest BCUT2D eigenvalue weighted by Gasteiger charge is -2.33. The Balaban J connectivity index is 2.57. The summed E-state index contributed by atoms with van der Waals surface area (Å²) in [5.74, 6) is 0.274. The van der Waals surface area contributed by atoms with Crippen LogP contribution in [0.4, 0.5) is 0 Å². The van der Waals surface area contributed by atoms with E-state index in [0.29, 0.717) is 19.5 Å². The molecule has 0 saturated carbocycles. The van der Waals surface area contributed by atoms with Crippen LogP contribution in [0.2, 0.25) is 0 Å². The van der Waals surface area contributed by atoms with Crippen molar-refractivity contribution in [2.75, 3.05) is 25.4 Å². The molecular weight excluding hydrogens is 216 g/mol. The molecule has 15 heavy (non-hydrogen) atoms. The van der Waals surface area contributed by atoms with E-state index in [1.165, 1.54) is 4.31 Å². The van der Waals surface area contributed by atoms with Crippen LogP contribution < -0.4 is 5.73 Å². The molecule has 1 rings (SSSR count). The molecule has 90 valence electrons. The maximum Gasteiger partial charge on any atom is 0.214 e. The quantitative estimate of drug-likeness (QED) is 0.680. The third kappa shape index (κ3) is 3.41. The Morgan fingerprint density at radius 1 is 1.53 bits per heavy atom. The summed E-state index contributed by atoms with van der Waals surface area (Å²) in [5, 5.41) is 9.61. The van der Waals surface area contributed by atoms with E-state index in [1.54, 1.807) is 0 Å². The van der Waals surface area contributed by atoms with Gasteiger partial charge in [-0.15, -0.1) is 0 Å². The van der Waals surface area contributed by atoms with E-state index in [9.17, 15) is 13.5 Å². The number of nitrogens with zero attached hydrogens (tertiary/aromatic N) is 1. The average Bonchev–Trinajstić information content (AvgIpc) is 2.19. The number of hydrogen-bond donors (Lipinski definition) is 2. The number of rotatable bonds is 4.